The fourth-order valence-electron chi connectivity index (χ4n) is 2.73. The van der Waals surface area contributed by atoms with E-state index in [1.54, 1.807) is 0 Å². The number of morpholine rings is 1. The van der Waals surface area contributed by atoms with E-state index in [4.69, 9.17) is 4.74 Å². The maximum absolute atomic E-state index is 12.5. The Morgan fingerprint density at radius 3 is 2.27 bits per heavy atom. The van der Waals surface area contributed by atoms with Crippen LogP contribution in [0.1, 0.15) is 44.9 Å². The quantitative estimate of drug-likeness (QED) is 0.903. The number of nitrogens with zero attached hydrogens (tertiary/aromatic N) is 1. The van der Waals surface area contributed by atoms with Crippen molar-refractivity contribution in [3.8, 4) is 0 Å². The van der Waals surface area contributed by atoms with Gasteiger partial charge in [-0.25, -0.2) is 0 Å². The van der Waals surface area contributed by atoms with Crippen LogP contribution in [0.25, 0.3) is 0 Å². The molecule has 3 atom stereocenters. The van der Waals surface area contributed by atoms with Gasteiger partial charge in [-0.2, -0.15) is 17.4 Å². The molecule has 124 valence electrons. The van der Waals surface area contributed by atoms with Crippen molar-refractivity contribution in [3.63, 3.8) is 0 Å². The van der Waals surface area contributed by atoms with Crippen LogP contribution in [0.15, 0.2) is 24.3 Å². The van der Waals surface area contributed by atoms with Gasteiger partial charge < -0.3 is 4.74 Å². The first-order valence-electron chi connectivity index (χ1n) is 7.83. The monoisotopic (exact) mass is 326 g/mol. The molecule has 0 saturated carbocycles. The van der Waals surface area contributed by atoms with E-state index in [0.29, 0.717) is 13.1 Å². The Morgan fingerprint density at radius 2 is 1.77 bits per heavy atom. The predicted octanol–water partition coefficient (Wildman–Crippen LogP) is 2.25. The molecule has 1 aromatic carbocycles. The van der Waals surface area contributed by atoms with Crippen LogP contribution in [0.5, 0.6) is 0 Å². The summed E-state index contributed by atoms with van der Waals surface area (Å²) in [6.07, 6.45) is 0.808. The summed E-state index contributed by atoms with van der Waals surface area (Å²) < 4.78 is 34.9. The van der Waals surface area contributed by atoms with Crippen molar-refractivity contribution in [1.82, 2.24) is 9.03 Å². The Morgan fingerprint density at radius 1 is 1.23 bits per heavy atom. The maximum atomic E-state index is 12.5. The van der Waals surface area contributed by atoms with E-state index in [1.807, 2.05) is 45.0 Å². The fraction of sp³-hybridized carbons (Fsp3) is 0.625. The van der Waals surface area contributed by atoms with Crippen molar-refractivity contribution in [3.05, 3.63) is 35.4 Å². The summed E-state index contributed by atoms with van der Waals surface area (Å²) in [4.78, 5) is 0. The molecular formula is C16H26N2O3S. The number of hydrogen-bond acceptors (Lipinski definition) is 3. The number of hydrogen-bond donors (Lipinski definition) is 1. The molecule has 6 heteroatoms. The molecule has 0 spiro atoms. The van der Waals surface area contributed by atoms with E-state index in [0.717, 1.165) is 12.0 Å². The van der Waals surface area contributed by atoms with Crippen molar-refractivity contribution in [2.45, 2.75) is 52.4 Å². The summed E-state index contributed by atoms with van der Waals surface area (Å²) in [5.41, 5.74) is 2.21. The maximum Gasteiger partial charge on any atom is 0.280 e. The second-order valence-electron chi connectivity index (χ2n) is 6.01. The van der Waals surface area contributed by atoms with Crippen LogP contribution in [0.2, 0.25) is 0 Å². The van der Waals surface area contributed by atoms with Crippen LogP contribution in [0.3, 0.4) is 0 Å². The average Bonchev–Trinajstić information content (AvgIpc) is 2.46. The lowest BCUT2D eigenvalue weighted by molar-refractivity contribution is -0.0444. The predicted molar refractivity (Wildman–Crippen MR) is 87.9 cm³/mol. The van der Waals surface area contributed by atoms with Gasteiger partial charge in [-0.1, -0.05) is 31.2 Å². The molecule has 1 aromatic rings. The van der Waals surface area contributed by atoms with Crippen molar-refractivity contribution >= 4 is 10.2 Å². The largest absolute Gasteiger partial charge is 0.373 e. The van der Waals surface area contributed by atoms with E-state index < -0.39 is 10.2 Å². The highest BCUT2D eigenvalue weighted by molar-refractivity contribution is 7.87. The first-order chi connectivity index (χ1) is 10.3. The van der Waals surface area contributed by atoms with Gasteiger partial charge in [0.2, 0.25) is 0 Å². The van der Waals surface area contributed by atoms with Crippen LogP contribution >= 0.6 is 0 Å². The van der Waals surface area contributed by atoms with Crippen LogP contribution in [-0.2, 0) is 21.4 Å². The molecule has 22 heavy (non-hydrogen) atoms. The van der Waals surface area contributed by atoms with Crippen molar-refractivity contribution in [2.75, 3.05) is 13.1 Å². The number of benzene rings is 1. The minimum absolute atomic E-state index is 0.0838. The zero-order valence-corrected chi connectivity index (χ0v) is 14.6. The highest BCUT2D eigenvalue weighted by atomic mass is 32.2. The SMILES string of the molecule is CCc1ccc(C(C)NS(=O)(=O)N2CC(C)OC(C)C2)cc1. The van der Waals surface area contributed by atoms with Gasteiger partial charge in [-0.05, 0) is 38.3 Å². The first kappa shape index (κ1) is 17.4. The number of nitrogens with one attached hydrogen (secondary N) is 1. The molecule has 5 nitrogen and oxygen atoms in total. The average molecular weight is 326 g/mol. The lowest BCUT2D eigenvalue weighted by Gasteiger charge is -2.35. The molecule has 1 N–H and O–H groups in total. The Balaban J connectivity index is 2.06. The minimum atomic E-state index is -3.51. The fourth-order valence-corrected chi connectivity index (χ4v) is 4.28. The number of rotatable bonds is 5. The standard InChI is InChI=1S/C16H26N2O3S/c1-5-15-6-8-16(9-7-15)14(4)17-22(19,20)18-10-12(2)21-13(3)11-18/h6-9,12-14,17H,5,10-11H2,1-4H3. The van der Waals surface area contributed by atoms with Crippen molar-refractivity contribution < 1.29 is 13.2 Å². The molecule has 1 heterocycles. The summed E-state index contributed by atoms with van der Waals surface area (Å²) in [6, 6.07) is 7.79. The highest BCUT2D eigenvalue weighted by Crippen LogP contribution is 2.18. The van der Waals surface area contributed by atoms with E-state index in [1.165, 1.54) is 9.87 Å². The van der Waals surface area contributed by atoms with Gasteiger partial charge >= 0.3 is 0 Å². The van der Waals surface area contributed by atoms with Gasteiger partial charge in [0.05, 0.1) is 12.2 Å². The summed E-state index contributed by atoms with van der Waals surface area (Å²) in [7, 11) is -3.51. The Labute approximate surface area is 133 Å². The van der Waals surface area contributed by atoms with Gasteiger partial charge in [-0.15, -0.1) is 0 Å². The molecule has 3 unspecified atom stereocenters. The Bertz CT molecular complexity index is 576. The summed E-state index contributed by atoms with van der Waals surface area (Å²) in [5, 5.41) is 0. The molecule has 1 fully saturated rings. The van der Waals surface area contributed by atoms with Crippen LogP contribution < -0.4 is 4.72 Å². The van der Waals surface area contributed by atoms with Gasteiger partial charge in [0.15, 0.2) is 0 Å². The summed E-state index contributed by atoms with van der Waals surface area (Å²) >= 11 is 0. The van der Waals surface area contributed by atoms with Gasteiger partial charge in [-0.3, -0.25) is 0 Å². The van der Waals surface area contributed by atoms with E-state index in [9.17, 15) is 8.42 Å². The smallest absolute Gasteiger partial charge is 0.280 e. The van der Waals surface area contributed by atoms with Gasteiger partial charge in [0.1, 0.15) is 0 Å². The normalized spacial score (nSPS) is 25.1. The molecule has 0 aromatic heterocycles. The first-order valence-corrected chi connectivity index (χ1v) is 9.27. The molecule has 1 saturated heterocycles. The van der Waals surface area contributed by atoms with Gasteiger partial charge in [0, 0.05) is 19.1 Å². The van der Waals surface area contributed by atoms with Crippen LogP contribution in [0, 0.1) is 0 Å². The third-order valence-corrected chi connectivity index (χ3v) is 5.57. The molecular weight excluding hydrogens is 300 g/mol. The zero-order chi connectivity index (χ0) is 16.3. The van der Waals surface area contributed by atoms with Crippen LogP contribution in [-0.4, -0.2) is 38.0 Å². The molecule has 0 radical (unpaired) electrons. The number of aryl methyl sites for hydroxylation is 1. The molecule has 2 rings (SSSR count). The molecule has 0 aliphatic carbocycles. The van der Waals surface area contributed by atoms with Crippen molar-refractivity contribution in [1.29, 1.82) is 0 Å². The Hall–Kier alpha value is -0.950. The second-order valence-corrected chi connectivity index (χ2v) is 7.72. The highest BCUT2D eigenvalue weighted by Gasteiger charge is 2.31. The van der Waals surface area contributed by atoms with E-state index in [-0.39, 0.29) is 18.2 Å². The molecule has 0 bridgehead atoms. The lowest BCUT2D eigenvalue weighted by atomic mass is 10.1. The van der Waals surface area contributed by atoms with E-state index >= 15 is 0 Å². The third-order valence-electron chi connectivity index (χ3n) is 3.94. The summed E-state index contributed by atoms with van der Waals surface area (Å²) in [6.45, 7) is 8.53. The summed E-state index contributed by atoms with van der Waals surface area (Å²) in [5.74, 6) is 0. The Kier molecular flexibility index (Phi) is 5.60. The zero-order valence-electron chi connectivity index (χ0n) is 13.7. The lowest BCUT2D eigenvalue weighted by Crippen LogP contribution is -2.52. The van der Waals surface area contributed by atoms with Gasteiger partial charge in [0.25, 0.3) is 10.2 Å². The molecule has 1 aliphatic heterocycles. The second kappa shape index (κ2) is 7.08. The topological polar surface area (TPSA) is 58.6 Å². The van der Waals surface area contributed by atoms with Crippen molar-refractivity contribution in [2.24, 2.45) is 0 Å². The molecule has 0 amide bonds. The van der Waals surface area contributed by atoms with Crippen LogP contribution in [0.4, 0.5) is 0 Å². The number of ether oxygens (including phenoxy) is 1. The minimum Gasteiger partial charge on any atom is -0.373 e. The molecule has 1 aliphatic rings. The van der Waals surface area contributed by atoms with E-state index in [2.05, 4.69) is 11.6 Å². The third kappa shape index (κ3) is 4.29.